The van der Waals surface area contributed by atoms with Gasteiger partial charge in [-0.3, -0.25) is 4.40 Å². The maximum atomic E-state index is 5.97. The van der Waals surface area contributed by atoms with Crippen molar-refractivity contribution in [2.45, 2.75) is 24.8 Å². The van der Waals surface area contributed by atoms with Crippen molar-refractivity contribution in [1.29, 1.82) is 0 Å². The highest BCUT2D eigenvalue weighted by atomic mass is 32.2. The van der Waals surface area contributed by atoms with Gasteiger partial charge in [0.25, 0.3) is 0 Å². The molecule has 1 aromatic carbocycles. The Bertz CT molecular complexity index is 712. The molecule has 0 fully saturated rings. The van der Waals surface area contributed by atoms with Crippen LogP contribution < -0.4 is 5.73 Å². The lowest BCUT2D eigenvalue weighted by molar-refractivity contribution is 0.729. The van der Waals surface area contributed by atoms with Crippen LogP contribution in [0.25, 0.3) is 16.2 Å². The normalized spacial score (nSPS) is 12.9. The minimum Gasteiger partial charge on any atom is -0.322 e. The monoisotopic (exact) mass is 304 g/mol. The maximum Gasteiger partial charge on any atom is 0.216 e. The SMILES string of the molecule is CCSc1ccc(-c2csc3nnc(C(C)N)n23)cc1. The van der Waals surface area contributed by atoms with Gasteiger partial charge < -0.3 is 5.73 Å². The van der Waals surface area contributed by atoms with E-state index in [1.807, 2.05) is 18.7 Å². The number of nitrogens with zero attached hydrogens (tertiary/aromatic N) is 3. The molecule has 1 unspecified atom stereocenters. The molecule has 2 N–H and O–H groups in total. The summed E-state index contributed by atoms with van der Waals surface area (Å²) in [6.45, 7) is 4.09. The number of hydrogen-bond donors (Lipinski definition) is 1. The molecule has 0 aliphatic carbocycles. The Balaban J connectivity index is 2.07. The van der Waals surface area contributed by atoms with Crippen molar-refractivity contribution in [2.24, 2.45) is 5.73 Å². The minimum absolute atomic E-state index is 0.131. The second-order valence-electron chi connectivity index (χ2n) is 4.54. The number of hydrogen-bond acceptors (Lipinski definition) is 5. The molecule has 2 heterocycles. The van der Waals surface area contributed by atoms with Gasteiger partial charge in [-0.05, 0) is 30.4 Å². The number of rotatable bonds is 4. The predicted octanol–water partition coefficient (Wildman–Crippen LogP) is 3.59. The molecule has 2 aromatic heterocycles. The zero-order valence-electron chi connectivity index (χ0n) is 11.4. The van der Waals surface area contributed by atoms with Crippen LogP contribution in [-0.4, -0.2) is 20.4 Å². The standard InChI is InChI=1S/C14H16N4S2/c1-3-19-11-6-4-10(5-7-11)12-8-20-14-17-16-13(9(2)15)18(12)14/h4-9H,3,15H2,1-2H3. The van der Waals surface area contributed by atoms with Gasteiger partial charge in [-0.1, -0.05) is 19.1 Å². The number of aromatic nitrogens is 3. The summed E-state index contributed by atoms with van der Waals surface area (Å²) < 4.78 is 2.05. The predicted molar refractivity (Wildman–Crippen MR) is 85.3 cm³/mol. The zero-order valence-corrected chi connectivity index (χ0v) is 13.0. The lowest BCUT2D eigenvalue weighted by Crippen LogP contribution is -2.10. The first-order chi connectivity index (χ1) is 9.70. The summed E-state index contributed by atoms with van der Waals surface area (Å²) in [6, 6.07) is 8.47. The van der Waals surface area contributed by atoms with Crippen LogP contribution in [0.4, 0.5) is 0 Å². The van der Waals surface area contributed by atoms with E-state index in [1.54, 1.807) is 11.3 Å². The summed E-state index contributed by atoms with van der Waals surface area (Å²) in [5.74, 6) is 1.89. The molecule has 0 aliphatic heterocycles. The van der Waals surface area contributed by atoms with Crippen LogP contribution in [0.3, 0.4) is 0 Å². The van der Waals surface area contributed by atoms with Gasteiger partial charge in [0, 0.05) is 10.3 Å². The van der Waals surface area contributed by atoms with Gasteiger partial charge in [-0.25, -0.2) is 0 Å². The number of fused-ring (bicyclic) bond motifs is 1. The Morgan fingerprint density at radius 2 is 2.05 bits per heavy atom. The molecule has 0 saturated carbocycles. The van der Waals surface area contributed by atoms with E-state index in [0.717, 1.165) is 22.2 Å². The van der Waals surface area contributed by atoms with E-state index in [1.165, 1.54) is 10.5 Å². The number of thioether (sulfide) groups is 1. The average molecular weight is 304 g/mol. The molecule has 0 radical (unpaired) electrons. The van der Waals surface area contributed by atoms with Crippen LogP contribution in [0.1, 0.15) is 25.7 Å². The lowest BCUT2D eigenvalue weighted by Gasteiger charge is -2.06. The first-order valence-electron chi connectivity index (χ1n) is 6.52. The van der Waals surface area contributed by atoms with E-state index in [9.17, 15) is 0 Å². The third-order valence-corrected chi connectivity index (χ3v) is 4.75. The molecular formula is C14H16N4S2. The molecule has 0 saturated heterocycles. The average Bonchev–Trinajstić information content (AvgIpc) is 3.01. The fraction of sp³-hybridized carbons (Fsp3) is 0.286. The fourth-order valence-electron chi connectivity index (χ4n) is 2.13. The van der Waals surface area contributed by atoms with Crippen molar-refractivity contribution < 1.29 is 0 Å². The van der Waals surface area contributed by atoms with Gasteiger partial charge in [0.2, 0.25) is 4.96 Å². The van der Waals surface area contributed by atoms with E-state index >= 15 is 0 Å². The maximum absolute atomic E-state index is 5.97. The number of nitrogens with two attached hydrogens (primary N) is 1. The first kappa shape index (κ1) is 13.6. The van der Waals surface area contributed by atoms with Crippen molar-refractivity contribution in [2.75, 3.05) is 5.75 Å². The van der Waals surface area contributed by atoms with Crippen molar-refractivity contribution >= 4 is 28.1 Å². The van der Waals surface area contributed by atoms with Crippen LogP contribution >= 0.6 is 23.1 Å². The van der Waals surface area contributed by atoms with Gasteiger partial charge in [0.15, 0.2) is 5.82 Å². The van der Waals surface area contributed by atoms with Gasteiger partial charge in [0.05, 0.1) is 11.7 Å². The van der Waals surface area contributed by atoms with Gasteiger partial charge >= 0.3 is 0 Å². The van der Waals surface area contributed by atoms with Gasteiger partial charge in [-0.2, -0.15) is 0 Å². The molecule has 4 nitrogen and oxygen atoms in total. The van der Waals surface area contributed by atoms with Gasteiger partial charge in [0.1, 0.15) is 0 Å². The quantitative estimate of drug-likeness (QED) is 0.748. The largest absolute Gasteiger partial charge is 0.322 e. The molecule has 1 atom stereocenters. The third kappa shape index (κ3) is 2.34. The second kappa shape index (κ2) is 5.55. The van der Waals surface area contributed by atoms with Crippen molar-refractivity contribution in [1.82, 2.24) is 14.6 Å². The van der Waals surface area contributed by atoms with E-state index in [0.29, 0.717) is 0 Å². The Labute approximate surface area is 126 Å². The second-order valence-corrected chi connectivity index (χ2v) is 6.72. The van der Waals surface area contributed by atoms with Crippen molar-refractivity contribution in [3.8, 4) is 11.3 Å². The van der Waals surface area contributed by atoms with Crippen molar-refractivity contribution in [3.63, 3.8) is 0 Å². The summed E-state index contributed by atoms with van der Waals surface area (Å²) in [6.07, 6.45) is 0. The third-order valence-electron chi connectivity index (χ3n) is 3.04. The highest BCUT2D eigenvalue weighted by Gasteiger charge is 2.15. The Hall–Kier alpha value is -1.37. The van der Waals surface area contributed by atoms with Crippen molar-refractivity contribution in [3.05, 3.63) is 35.5 Å². The van der Waals surface area contributed by atoms with E-state index in [4.69, 9.17) is 5.73 Å². The Morgan fingerprint density at radius 3 is 2.70 bits per heavy atom. The summed E-state index contributed by atoms with van der Waals surface area (Å²) in [5, 5.41) is 10.5. The molecular weight excluding hydrogens is 288 g/mol. The van der Waals surface area contributed by atoms with E-state index < -0.39 is 0 Å². The van der Waals surface area contributed by atoms with Gasteiger partial charge in [-0.15, -0.1) is 33.3 Å². The molecule has 6 heteroatoms. The summed E-state index contributed by atoms with van der Waals surface area (Å²) in [4.78, 5) is 2.18. The van der Waals surface area contributed by atoms with Crippen LogP contribution in [0.5, 0.6) is 0 Å². The number of benzene rings is 1. The minimum atomic E-state index is -0.131. The first-order valence-corrected chi connectivity index (χ1v) is 8.38. The number of thiazole rings is 1. The smallest absolute Gasteiger partial charge is 0.216 e. The van der Waals surface area contributed by atoms with Crippen LogP contribution in [0.2, 0.25) is 0 Å². The molecule has 3 rings (SSSR count). The van der Waals surface area contributed by atoms with Crippen LogP contribution in [-0.2, 0) is 0 Å². The lowest BCUT2D eigenvalue weighted by atomic mass is 10.2. The molecule has 20 heavy (non-hydrogen) atoms. The van der Waals surface area contributed by atoms with Crippen LogP contribution in [0, 0.1) is 0 Å². The Kier molecular flexibility index (Phi) is 3.78. The van der Waals surface area contributed by atoms with E-state index in [2.05, 4.69) is 51.2 Å². The molecule has 3 aromatic rings. The molecule has 0 bridgehead atoms. The summed E-state index contributed by atoms with van der Waals surface area (Å²) >= 11 is 3.44. The Morgan fingerprint density at radius 1 is 1.30 bits per heavy atom. The summed E-state index contributed by atoms with van der Waals surface area (Å²) in [7, 11) is 0. The van der Waals surface area contributed by atoms with Crippen LogP contribution in [0.15, 0.2) is 34.5 Å². The fourth-order valence-corrected chi connectivity index (χ4v) is 3.63. The molecule has 104 valence electrons. The highest BCUT2D eigenvalue weighted by molar-refractivity contribution is 7.99. The summed E-state index contributed by atoms with van der Waals surface area (Å²) in [5.41, 5.74) is 8.24. The topological polar surface area (TPSA) is 56.2 Å². The molecule has 0 amide bonds. The highest BCUT2D eigenvalue weighted by Crippen LogP contribution is 2.29. The molecule has 0 spiro atoms. The zero-order chi connectivity index (χ0) is 14.1. The van der Waals surface area contributed by atoms with E-state index in [-0.39, 0.29) is 6.04 Å². The molecule has 0 aliphatic rings.